The van der Waals surface area contributed by atoms with E-state index in [-0.39, 0.29) is 0 Å². The maximum absolute atomic E-state index is 9.67. The van der Waals surface area contributed by atoms with Crippen LogP contribution in [-0.4, -0.2) is 41.3 Å². The summed E-state index contributed by atoms with van der Waals surface area (Å²) in [6.45, 7) is 4.66. The molecule has 0 spiro atoms. The summed E-state index contributed by atoms with van der Waals surface area (Å²) in [4.78, 5) is 2.32. The molecule has 0 aliphatic heterocycles. The average Bonchev–Trinajstić information content (AvgIpc) is 2.14. The van der Waals surface area contributed by atoms with E-state index >= 15 is 0 Å². The van der Waals surface area contributed by atoms with E-state index < -0.39 is 5.60 Å². The topological polar surface area (TPSA) is 49.5 Å². The van der Waals surface area contributed by atoms with Crippen molar-refractivity contribution in [2.75, 3.05) is 13.6 Å². The lowest BCUT2D eigenvalue weighted by Gasteiger charge is -2.37. The normalized spacial score (nSPS) is 28.4. The third-order valence-electron chi connectivity index (χ3n) is 3.42. The summed E-state index contributed by atoms with van der Waals surface area (Å²) in [5, 5.41) is 9.67. The first-order valence-corrected chi connectivity index (χ1v) is 6.08. The van der Waals surface area contributed by atoms with Gasteiger partial charge < -0.3 is 15.7 Å². The van der Waals surface area contributed by atoms with Crippen LogP contribution in [0.25, 0.3) is 0 Å². The van der Waals surface area contributed by atoms with Crippen molar-refractivity contribution in [3.05, 3.63) is 0 Å². The first kappa shape index (κ1) is 12.9. The molecule has 0 aromatic rings. The Morgan fingerprint density at radius 1 is 1.33 bits per heavy atom. The van der Waals surface area contributed by atoms with Crippen LogP contribution in [0.15, 0.2) is 0 Å². The Labute approximate surface area is 93.6 Å². The minimum Gasteiger partial charge on any atom is -0.390 e. The van der Waals surface area contributed by atoms with E-state index in [1.54, 1.807) is 0 Å². The molecule has 0 amide bonds. The molecule has 15 heavy (non-hydrogen) atoms. The van der Waals surface area contributed by atoms with Crippen LogP contribution in [0.3, 0.4) is 0 Å². The molecule has 1 saturated carbocycles. The van der Waals surface area contributed by atoms with Gasteiger partial charge in [-0.1, -0.05) is 12.8 Å². The van der Waals surface area contributed by atoms with Gasteiger partial charge in [-0.2, -0.15) is 0 Å². The minimum absolute atomic E-state index is 0.325. The van der Waals surface area contributed by atoms with E-state index in [2.05, 4.69) is 11.9 Å². The van der Waals surface area contributed by atoms with Gasteiger partial charge >= 0.3 is 0 Å². The lowest BCUT2D eigenvalue weighted by Crippen LogP contribution is -2.48. The Balaban J connectivity index is 2.35. The summed E-state index contributed by atoms with van der Waals surface area (Å²) < 4.78 is 0. The lowest BCUT2D eigenvalue weighted by molar-refractivity contribution is 0.0504. The molecule has 1 fully saturated rings. The number of aliphatic hydroxyl groups is 1. The summed E-state index contributed by atoms with van der Waals surface area (Å²) in [6, 6.07) is 0.839. The molecule has 1 rings (SSSR count). The van der Waals surface area contributed by atoms with Gasteiger partial charge in [-0.15, -0.1) is 0 Å². The van der Waals surface area contributed by atoms with Crippen molar-refractivity contribution >= 4 is 0 Å². The summed E-state index contributed by atoms with van der Waals surface area (Å²) in [5.41, 5.74) is 5.55. The highest BCUT2D eigenvalue weighted by Gasteiger charge is 2.26. The molecule has 0 heterocycles. The second kappa shape index (κ2) is 5.28. The van der Waals surface area contributed by atoms with Gasteiger partial charge in [0, 0.05) is 18.6 Å². The lowest BCUT2D eigenvalue weighted by atomic mass is 9.89. The molecule has 2 unspecified atom stereocenters. The second-order valence-electron chi connectivity index (χ2n) is 5.56. The van der Waals surface area contributed by atoms with Gasteiger partial charge in [0.05, 0.1) is 5.60 Å². The van der Waals surface area contributed by atoms with Gasteiger partial charge in [-0.05, 0) is 40.2 Å². The highest BCUT2D eigenvalue weighted by atomic mass is 16.3. The predicted molar refractivity (Wildman–Crippen MR) is 63.8 cm³/mol. The number of hydrogen-bond donors (Lipinski definition) is 2. The fourth-order valence-electron chi connectivity index (χ4n) is 2.30. The third kappa shape index (κ3) is 4.49. The van der Waals surface area contributed by atoms with E-state index in [1.165, 1.54) is 19.3 Å². The number of nitrogens with zero attached hydrogens (tertiary/aromatic N) is 1. The van der Waals surface area contributed by atoms with Crippen molar-refractivity contribution in [3.63, 3.8) is 0 Å². The first-order chi connectivity index (χ1) is 6.90. The van der Waals surface area contributed by atoms with Crippen LogP contribution < -0.4 is 5.73 Å². The molecular formula is C12H26N2O. The van der Waals surface area contributed by atoms with Crippen molar-refractivity contribution in [2.24, 2.45) is 5.73 Å². The van der Waals surface area contributed by atoms with E-state index in [9.17, 15) is 5.11 Å². The average molecular weight is 214 g/mol. The fraction of sp³-hybridized carbons (Fsp3) is 1.00. The maximum Gasteiger partial charge on any atom is 0.0603 e. The van der Waals surface area contributed by atoms with Crippen molar-refractivity contribution in [3.8, 4) is 0 Å². The zero-order valence-electron chi connectivity index (χ0n) is 10.4. The van der Waals surface area contributed by atoms with E-state index in [4.69, 9.17) is 5.73 Å². The monoisotopic (exact) mass is 214 g/mol. The zero-order chi connectivity index (χ0) is 11.5. The molecule has 0 aromatic carbocycles. The molecule has 0 radical (unpaired) electrons. The molecular weight excluding hydrogens is 188 g/mol. The van der Waals surface area contributed by atoms with Gasteiger partial charge in [0.15, 0.2) is 0 Å². The second-order valence-corrected chi connectivity index (χ2v) is 5.56. The molecule has 3 nitrogen and oxygen atoms in total. The Morgan fingerprint density at radius 3 is 2.47 bits per heavy atom. The summed E-state index contributed by atoms with van der Waals surface area (Å²) >= 11 is 0. The van der Waals surface area contributed by atoms with E-state index in [0.29, 0.717) is 12.1 Å². The highest BCUT2D eigenvalue weighted by molar-refractivity contribution is 4.85. The maximum atomic E-state index is 9.67. The molecule has 3 heteroatoms. The number of likely N-dealkylation sites (N-methyl/N-ethyl adjacent to an activating group) is 1. The first-order valence-electron chi connectivity index (χ1n) is 6.08. The summed E-state index contributed by atoms with van der Waals surface area (Å²) in [6.07, 6.45) is 5.75. The summed E-state index contributed by atoms with van der Waals surface area (Å²) in [5.74, 6) is 0. The van der Waals surface area contributed by atoms with E-state index in [1.807, 2.05) is 13.8 Å². The van der Waals surface area contributed by atoms with Gasteiger partial charge in [0.2, 0.25) is 0 Å². The van der Waals surface area contributed by atoms with Gasteiger partial charge in [0.25, 0.3) is 0 Å². The smallest absolute Gasteiger partial charge is 0.0603 e. The Kier molecular flexibility index (Phi) is 4.56. The Hall–Kier alpha value is -0.120. The zero-order valence-corrected chi connectivity index (χ0v) is 10.4. The van der Waals surface area contributed by atoms with Crippen molar-refractivity contribution < 1.29 is 5.11 Å². The van der Waals surface area contributed by atoms with Gasteiger partial charge in [-0.25, -0.2) is 0 Å². The quantitative estimate of drug-likeness (QED) is 0.742. The van der Waals surface area contributed by atoms with E-state index in [0.717, 1.165) is 19.4 Å². The Morgan fingerprint density at radius 2 is 1.93 bits per heavy atom. The molecule has 2 atom stereocenters. The number of hydrogen-bond acceptors (Lipinski definition) is 3. The van der Waals surface area contributed by atoms with Crippen LogP contribution in [0.1, 0.15) is 46.0 Å². The molecule has 1 aliphatic carbocycles. The van der Waals surface area contributed by atoms with Crippen LogP contribution >= 0.6 is 0 Å². The fourth-order valence-corrected chi connectivity index (χ4v) is 2.30. The standard InChI is InChI=1S/C12H26N2O/c1-12(2,15)8-9-14(3)11-7-5-4-6-10(11)13/h10-11,15H,4-9,13H2,1-3H3. The SMILES string of the molecule is CN(CCC(C)(C)O)C1CCCCC1N. The molecule has 0 bridgehead atoms. The van der Waals surface area contributed by atoms with Crippen LogP contribution in [0.5, 0.6) is 0 Å². The van der Waals surface area contributed by atoms with Gasteiger partial charge in [-0.3, -0.25) is 0 Å². The molecule has 3 N–H and O–H groups in total. The summed E-state index contributed by atoms with van der Waals surface area (Å²) in [7, 11) is 2.13. The van der Waals surface area contributed by atoms with Crippen molar-refractivity contribution in [1.82, 2.24) is 4.90 Å². The third-order valence-corrected chi connectivity index (χ3v) is 3.42. The largest absolute Gasteiger partial charge is 0.390 e. The molecule has 0 saturated heterocycles. The molecule has 0 aromatic heterocycles. The molecule has 1 aliphatic rings. The number of rotatable bonds is 4. The molecule has 90 valence electrons. The number of nitrogens with two attached hydrogens (primary N) is 1. The van der Waals surface area contributed by atoms with Crippen LogP contribution in [0.2, 0.25) is 0 Å². The van der Waals surface area contributed by atoms with Crippen molar-refractivity contribution in [2.45, 2.75) is 63.6 Å². The highest BCUT2D eigenvalue weighted by Crippen LogP contribution is 2.21. The van der Waals surface area contributed by atoms with Crippen LogP contribution in [0.4, 0.5) is 0 Å². The van der Waals surface area contributed by atoms with Crippen molar-refractivity contribution in [1.29, 1.82) is 0 Å². The van der Waals surface area contributed by atoms with Gasteiger partial charge in [0.1, 0.15) is 0 Å². The predicted octanol–water partition coefficient (Wildman–Crippen LogP) is 1.35. The Bertz CT molecular complexity index is 189. The minimum atomic E-state index is -0.562. The van der Waals surface area contributed by atoms with Crippen LogP contribution in [-0.2, 0) is 0 Å². The van der Waals surface area contributed by atoms with Crippen LogP contribution in [0, 0.1) is 0 Å².